The maximum absolute atomic E-state index is 7.98. The van der Waals surface area contributed by atoms with Gasteiger partial charge in [0.25, 0.3) is 0 Å². The van der Waals surface area contributed by atoms with Gasteiger partial charge in [-0.25, -0.2) is 0 Å². The number of aromatic nitrogens is 1. The molecular weight excluding hydrogens is 236 g/mol. The molecule has 0 bridgehead atoms. The van der Waals surface area contributed by atoms with E-state index < -0.39 is 0 Å². The summed E-state index contributed by atoms with van der Waals surface area (Å²) in [6.45, 7) is 3.88. The zero-order chi connectivity index (χ0) is 12.3. The normalized spacial score (nSPS) is 10.9. The molecule has 0 aliphatic rings. The Labute approximate surface area is 104 Å². The van der Waals surface area contributed by atoms with Crippen molar-refractivity contribution in [3.05, 3.63) is 23.0 Å². The molecule has 0 fully saturated rings. The SMILES string of the molecule is CCOc1cccc2sc(=N)n(CCOC)c12. The van der Waals surface area contributed by atoms with E-state index >= 15 is 0 Å². The van der Waals surface area contributed by atoms with E-state index in [1.807, 2.05) is 29.7 Å². The predicted octanol–water partition coefficient (Wildman–Crippen LogP) is 2.23. The van der Waals surface area contributed by atoms with Gasteiger partial charge in [-0.2, -0.15) is 0 Å². The lowest BCUT2D eigenvalue weighted by Crippen LogP contribution is -2.16. The molecule has 4 nitrogen and oxygen atoms in total. The molecule has 0 saturated carbocycles. The monoisotopic (exact) mass is 252 g/mol. The number of hydrogen-bond acceptors (Lipinski definition) is 4. The molecule has 92 valence electrons. The zero-order valence-corrected chi connectivity index (χ0v) is 10.8. The van der Waals surface area contributed by atoms with Crippen LogP contribution in [0.15, 0.2) is 18.2 Å². The van der Waals surface area contributed by atoms with E-state index in [-0.39, 0.29) is 0 Å². The molecule has 0 saturated heterocycles. The van der Waals surface area contributed by atoms with Gasteiger partial charge in [0, 0.05) is 13.7 Å². The van der Waals surface area contributed by atoms with E-state index in [0.29, 0.717) is 24.6 Å². The van der Waals surface area contributed by atoms with Crippen molar-refractivity contribution in [2.45, 2.75) is 13.5 Å². The molecule has 0 radical (unpaired) electrons. The fourth-order valence-electron chi connectivity index (χ4n) is 1.78. The largest absolute Gasteiger partial charge is 0.492 e. The van der Waals surface area contributed by atoms with Crippen LogP contribution in [-0.2, 0) is 11.3 Å². The van der Waals surface area contributed by atoms with E-state index in [4.69, 9.17) is 14.9 Å². The number of benzene rings is 1. The molecule has 2 rings (SSSR count). The standard InChI is InChI=1S/C12H16N2O2S/c1-3-16-9-5-4-6-10-11(9)14(7-8-15-2)12(13)17-10/h4-6,13H,3,7-8H2,1-2H3. The minimum atomic E-state index is 0.532. The summed E-state index contributed by atoms with van der Waals surface area (Å²) >= 11 is 1.46. The van der Waals surface area contributed by atoms with Gasteiger partial charge < -0.3 is 14.0 Å². The molecule has 1 N–H and O–H groups in total. The first-order chi connectivity index (χ1) is 8.27. The van der Waals surface area contributed by atoms with E-state index in [1.54, 1.807) is 7.11 Å². The Bertz CT molecular complexity index is 559. The third-order valence-electron chi connectivity index (χ3n) is 2.50. The molecule has 0 spiro atoms. The fourth-order valence-corrected chi connectivity index (χ4v) is 2.73. The Morgan fingerprint density at radius 2 is 2.24 bits per heavy atom. The summed E-state index contributed by atoms with van der Waals surface area (Å²) in [5, 5.41) is 7.98. The molecule has 0 atom stereocenters. The molecule has 0 aliphatic heterocycles. The topological polar surface area (TPSA) is 47.2 Å². The van der Waals surface area contributed by atoms with Crippen molar-refractivity contribution in [1.82, 2.24) is 4.57 Å². The van der Waals surface area contributed by atoms with Crippen molar-refractivity contribution in [1.29, 1.82) is 5.41 Å². The van der Waals surface area contributed by atoms with Gasteiger partial charge in [-0.3, -0.25) is 5.41 Å². The van der Waals surface area contributed by atoms with Crippen LogP contribution in [0.3, 0.4) is 0 Å². The van der Waals surface area contributed by atoms with E-state index in [9.17, 15) is 0 Å². The molecule has 5 heteroatoms. The van der Waals surface area contributed by atoms with Gasteiger partial charge in [0.1, 0.15) is 11.3 Å². The van der Waals surface area contributed by atoms with Crippen molar-refractivity contribution in [2.24, 2.45) is 0 Å². The number of fused-ring (bicyclic) bond motifs is 1. The number of thiazole rings is 1. The van der Waals surface area contributed by atoms with Gasteiger partial charge in [-0.15, -0.1) is 0 Å². The number of methoxy groups -OCH3 is 1. The molecule has 0 unspecified atom stereocenters. The summed E-state index contributed by atoms with van der Waals surface area (Å²) < 4.78 is 13.7. The van der Waals surface area contributed by atoms with Gasteiger partial charge in [-0.05, 0) is 19.1 Å². The first-order valence-electron chi connectivity index (χ1n) is 5.56. The maximum atomic E-state index is 7.98. The average molecular weight is 252 g/mol. The summed E-state index contributed by atoms with van der Waals surface area (Å²) in [4.78, 5) is 0.532. The van der Waals surface area contributed by atoms with Gasteiger partial charge in [0.2, 0.25) is 0 Å². The highest BCUT2D eigenvalue weighted by Crippen LogP contribution is 2.27. The predicted molar refractivity (Wildman–Crippen MR) is 68.7 cm³/mol. The molecule has 0 aliphatic carbocycles. The maximum Gasteiger partial charge on any atom is 0.183 e. The van der Waals surface area contributed by atoms with E-state index in [1.165, 1.54) is 11.3 Å². The molecule has 2 aromatic rings. The van der Waals surface area contributed by atoms with Crippen LogP contribution in [0.1, 0.15) is 6.92 Å². The van der Waals surface area contributed by atoms with Crippen LogP contribution in [-0.4, -0.2) is 24.9 Å². The second-order valence-electron chi connectivity index (χ2n) is 3.59. The fraction of sp³-hybridized carbons (Fsp3) is 0.417. The molecule has 17 heavy (non-hydrogen) atoms. The van der Waals surface area contributed by atoms with Gasteiger partial charge >= 0.3 is 0 Å². The number of para-hydroxylation sites is 1. The minimum absolute atomic E-state index is 0.532. The first kappa shape index (κ1) is 12.1. The van der Waals surface area contributed by atoms with Gasteiger partial charge in [-0.1, -0.05) is 17.4 Å². The molecule has 1 heterocycles. The molecule has 0 amide bonds. The number of ether oxygens (including phenoxy) is 2. The highest BCUT2D eigenvalue weighted by atomic mass is 32.1. The van der Waals surface area contributed by atoms with Gasteiger partial charge in [0.05, 0.1) is 17.9 Å². The van der Waals surface area contributed by atoms with Crippen molar-refractivity contribution >= 4 is 21.6 Å². The summed E-state index contributed by atoms with van der Waals surface area (Å²) in [7, 11) is 1.67. The minimum Gasteiger partial charge on any atom is -0.492 e. The lowest BCUT2D eigenvalue weighted by Gasteiger charge is -2.08. The van der Waals surface area contributed by atoms with Crippen LogP contribution in [0.4, 0.5) is 0 Å². The van der Waals surface area contributed by atoms with Crippen LogP contribution in [0.2, 0.25) is 0 Å². The lowest BCUT2D eigenvalue weighted by atomic mass is 10.3. The number of hydrogen-bond donors (Lipinski definition) is 1. The molecule has 1 aromatic heterocycles. The summed E-state index contributed by atoms with van der Waals surface area (Å²) in [6.07, 6.45) is 0. The lowest BCUT2D eigenvalue weighted by molar-refractivity contribution is 0.187. The average Bonchev–Trinajstić information content (AvgIpc) is 2.64. The summed E-state index contributed by atoms with van der Waals surface area (Å²) in [6, 6.07) is 5.93. The van der Waals surface area contributed by atoms with E-state index in [0.717, 1.165) is 16.0 Å². The Balaban J connectivity index is 2.55. The molecular formula is C12H16N2O2S. The van der Waals surface area contributed by atoms with Crippen LogP contribution >= 0.6 is 11.3 Å². The quantitative estimate of drug-likeness (QED) is 0.887. The first-order valence-corrected chi connectivity index (χ1v) is 6.38. The van der Waals surface area contributed by atoms with Gasteiger partial charge in [0.15, 0.2) is 4.80 Å². The Morgan fingerprint density at radius 3 is 2.94 bits per heavy atom. The zero-order valence-electron chi connectivity index (χ0n) is 10.0. The smallest absolute Gasteiger partial charge is 0.183 e. The number of rotatable bonds is 5. The van der Waals surface area contributed by atoms with Crippen molar-refractivity contribution in [3.8, 4) is 5.75 Å². The third-order valence-corrected chi connectivity index (χ3v) is 3.47. The highest BCUT2D eigenvalue weighted by Gasteiger charge is 2.10. The van der Waals surface area contributed by atoms with Crippen molar-refractivity contribution < 1.29 is 9.47 Å². The number of nitrogens with one attached hydrogen (secondary N) is 1. The third kappa shape index (κ3) is 2.35. The second kappa shape index (κ2) is 5.33. The summed E-state index contributed by atoms with van der Waals surface area (Å²) in [5.41, 5.74) is 1.00. The van der Waals surface area contributed by atoms with Crippen LogP contribution < -0.4 is 9.54 Å². The van der Waals surface area contributed by atoms with Crippen molar-refractivity contribution in [3.63, 3.8) is 0 Å². The van der Waals surface area contributed by atoms with E-state index in [2.05, 4.69) is 0 Å². The highest BCUT2D eigenvalue weighted by molar-refractivity contribution is 7.16. The second-order valence-corrected chi connectivity index (χ2v) is 4.62. The van der Waals surface area contributed by atoms with Crippen LogP contribution in [0, 0.1) is 5.41 Å². The summed E-state index contributed by atoms with van der Waals surface area (Å²) in [5.74, 6) is 0.843. The van der Waals surface area contributed by atoms with Crippen LogP contribution in [0.5, 0.6) is 5.75 Å². The molecule has 1 aromatic carbocycles. The number of nitrogens with zero attached hydrogens (tertiary/aromatic N) is 1. The van der Waals surface area contributed by atoms with Crippen LogP contribution in [0.25, 0.3) is 10.2 Å². The Morgan fingerprint density at radius 1 is 1.41 bits per heavy atom. The Hall–Kier alpha value is -1.33. The Kier molecular flexibility index (Phi) is 3.81. The van der Waals surface area contributed by atoms with Crippen molar-refractivity contribution in [2.75, 3.05) is 20.3 Å².